The number of amides is 2. The van der Waals surface area contributed by atoms with Gasteiger partial charge >= 0.3 is 6.09 Å². The predicted molar refractivity (Wildman–Crippen MR) is 98.1 cm³/mol. The maximum atomic E-state index is 12.6. The molecule has 0 bridgehead atoms. The van der Waals surface area contributed by atoms with E-state index in [-0.39, 0.29) is 17.9 Å². The zero-order chi connectivity index (χ0) is 19.1. The fourth-order valence-corrected chi connectivity index (χ4v) is 3.67. The van der Waals surface area contributed by atoms with Gasteiger partial charge < -0.3 is 14.4 Å². The fraction of sp³-hybridized carbons (Fsp3) is 0.600. The fourth-order valence-electron chi connectivity index (χ4n) is 3.67. The lowest BCUT2D eigenvalue weighted by molar-refractivity contribution is -0.133. The Morgan fingerprint density at radius 2 is 1.85 bits per heavy atom. The van der Waals surface area contributed by atoms with Crippen LogP contribution in [-0.2, 0) is 22.6 Å². The van der Waals surface area contributed by atoms with Crippen molar-refractivity contribution in [1.82, 2.24) is 9.80 Å². The highest BCUT2D eigenvalue weighted by molar-refractivity contribution is 5.85. The van der Waals surface area contributed by atoms with E-state index in [1.54, 1.807) is 16.9 Å². The average molecular weight is 360 g/mol. The molecule has 0 aliphatic carbocycles. The number of piperidine rings is 1. The van der Waals surface area contributed by atoms with Gasteiger partial charge in [-0.05, 0) is 56.9 Å². The van der Waals surface area contributed by atoms with Crippen molar-refractivity contribution < 1.29 is 19.1 Å². The number of methoxy groups -OCH3 is 1. The maximum absolute atomic E-state index is 12.6. The van der Waals surface area contributed by atoms with Gasteiger partial charge in [0.05, 0.1) is 13.0 Å². The second kappa shape index (κ2) is 6.82. The van der Waals surface area contributed by atoms with Gasteiger partial charge in [0.1, 0.15) is 11.4 Å². The Hall–Kier alpha value is -2.24. The molecular weight excluding hydrogens is 332 g/mol. The molecule has 0 aromatic heterocycles. The predicted octanol–water partition coefficient (Wildman–Crippen LogP) is 3.28. The summed E-state index contributed by atoms with van der Waals surface area (Å²) in [7, 11) is 3.47. The molecule has 2 aliphatic rings. The second-order valence-electron chi connectivity index (χ2n) is 8.15. The molecule has 1 aromatic carbocycles. The molecule has 1 aromatic rings. The Labute approximate surface area is 155 Å². The molecule has 2 heterocycles. The summed E-state index contributed by atoms with van der Waals surface area (Å²) in [4.78, 5) is 28.5. The molecule has 142 valence electrons. The Morgan fingerprint density at radius 1 is 1.19 bits per heavy atom. The lowest BCUT2D eigenvalue weighted by Crippen LogP contribution is -2.37. The molecule has 1 saturated heterocycles. The first-order valence-corrected chi connectivity index (χ1v) is 9.12. The quantitative estimate of drug-likeness (QED) is 0.812. The van der Waals surface area contributed by atoms with Gasteiger partial charge in [-0.25, -0.2) is 4.79 Å². The van der Waals surface area contributed by atoms with Gasteiger partial charge in [-0.1, -0.05) is 0 Å². The summed E-state index contributed by atoms with van der Waals surface area (Å²) in [6, 6.07) is 4.01. The molecule has 2 aliphatic heterocycles. The van der Waals surface area contributed by atoms with E-state index in [4.69, 9.17) is 9.47 Å². The lowest BCUT2D eigenvalue weighted by atomic mass is 9.87. The minimum atomic E-state index is -0.520. The summed E-state index contributed by atoms with van der Waals surface area (Å²) in [6.45, 7) is 7.38. The van der Waals surface area contributed by atoms with E-state index in [1.807, 2.05) is 40.0 Å². The van der Waals surface area contributed by atoms with Gasteiger partial charge in [0.2, 0.25) is 5.91 Å². The zero-order valence-corrected chi connectivity index (χ0v) is 16.3. The molecule has 0 saturated carbocycles. The van der Waals surface area contributed by atoms with E-state index >= 15 is 0 Å². The number of likely N-dealkylation sites (tertiary alicyclic amines) is 1. The lowest BCUT2D eigenvalue weighted by Gasteiger charge is -2.30. The van der Waals surface area contributed by atoms with Crippen molar-refractivity contribution >= 4 is 12.0 Å². The summed E-state index contributed by atoms with van der Waals surface area (Å²) in [5.41, 5.74) is 2.52. The minimum absolute atomic E-state index is 0.136. The van der Waals surface area contributed by atoms with Crippen LogP contribution in [0.1, 0.15) is 56.2 Å². The van der Waals surface area contributed by atoms with Crippen LogP contribution in [0.4, 0.5) is 4.79 Å². The van der Waals surface area contributed by atoms with Crippen molar-refractivity contribution in [3.05, 3.63) is 28.8 Å². The van der Waals surface area contributed by atoms with E-state index in [0.717, 1.165) is 41.8 Å². The van der Waals surface area contributed by atoms with Crippen LogP contribution < -0.4 is 4.74 Å². The highest BCUT2D eigenvalue weighted by Gasteiger charge is 2.33. The SMILES string of the molecule is COc1cc2c(cc1C1CCCN(C)C1=O)CN(C(=O)OC(C)(C)C)C2. The molecule has 6 nitrogen and oxygen atoms in total. The third-order valence-electron chi connectivity index (χ3n) is 4.96. The summed E-state index contributed by atoms with van der Waals surface area (Å²) in [5, 5.41) is 0. The molecule has 1 atom stereocenters. The van der Waals surface area contributed by atoms with Gasteiger partial charge in [-0.15, -0.1) is 0 Å². The van der Waals surface area contributed by atoms with Gasteiger partial charge in [0, 0.05) is 32.2 Å². The Balaban J connectivity index is 1.86. The topological polar surface area (TPSA) is 59.1 Å². The number of carbonyl (C=O) groups excluding carboxylic acids is 2. The molecular formula is C20H28N2O4. The van der Waals surface area contributed by atoms with Crippen LogP contribution in [0.25, 0.3) is 0 Å². The summed E-state index contributed by atoms with van der Waals surface area (Å²) < 4.78 is 11.1. The number of carbonyl (C=O) groups is 2. The normalized spacial score (nSPS) is 20.2. The van der Waals surface area contributed by atoms with Crippen molar-refractivity contribution in [3.8, 4) is 5.75 Å². The first-order chi connectivity index (χ1) is 12.2. The third kappa shape index (κ3) is 3.64. The van der Waals surface area contributed by atoms with Gasteiger partial charge in [0.25, 0.3) is 0 Å². The molecule has 0 N–H and O–H groups in total. The van der Waals surface area contributed by atoms with Gasteiger partial charge in [-0.2, -0.15) is 0 Å². The van der Waals surface area contributed by atoms with Crippen LogP contribution in [0.3, 0.4) is 0 Å². The number of hydrogen-bond acceptors (Lipinski definition) is 4. The largest absolute Gasteiger partial charge is 0.496 e. The van der Waals surface area contributed by atoms with Crippen LogP contribution in [0.5, 0.6) is 5.75 Å². The number of benzene rings is 1. The number of ether oxygens (including phenoxy) is 2. The highest BCUT2D eigenvalue weighted by Crippen LogP contribution is 2.38. The van der Waals surface area contributed by atoms with Crippen molar-refractivity contribution in [1.29, 1.82) is 0 Å². The number of likely N-dealkylation sites (N-methyl/N-ethyl adjacent to an activating group) is 1. The van der Waals surface area contributed by atoms with Gasteiger partial charge in [-0.3, -0.25) is 9.69 Å². The van der Waals surface area contributed by atoms with Crippen LogP contribution >= 0.6 is 0 Å². The molecule has 1 fully saturated rings. The van der Waals surface area contributed by atoms with Crippen LogP contribution in [0, 0.1) is 0 Å². The van der Waals surface area contributed by atoms with E-state index in [1.165, 1.54) is 0 Å². The standard InChI is InChI=1S/C20H28N2O4/c1-20(2,3)26-19(24)22-11-13-9-16(17(25-5)10-14(13)12-22)15-7-6-8-21(4)18(15)23/h9-10,15H,6-8,11-12H2,1-5H3. The number of hydrogen-bond donors (Lipinski definition) is 0. The smallest absolute Gasteiger partial charge is 0.410 e. The zero-order valence-electron chi connectivity index (χ0n) is 16.3. The molecule has 1 unspecified atom stereocenters. The number of fused-ring (bicyclic) bond motifs is 1. The maximum Gasteiger partial charge on any atom is 0.410 e. The van der Waals surface area contributed by atoms with Crippen molar-refractivity contribution in [2.45, 2.75) is 58.2 Å². The first-order valence-electron chi connectivity index (χ1n) is 9.12. The van der Waals surface area contributed by atoms with Crippen LogP contribution in [0.15, 0.2) is 12.1 Å². The Kier molecular flexibility index (Phi) is 4.86. The molecule has 3 rings (SSSR count). The molecule has 2 amide bonds. The molecule has 26 heavy (non-hydrogen) atoms. The molecule has 6 heteroatoms. The summed E-state index contributed by atoms with van der Waals surface area (Å²) in [6.07, 6.45) is 1.49. The summed E-state index contributed by atoms with van der Waals surface area (Å²) >= 11 is 0. The second-order valence-corrected chi connectivity index (χ2v) is 8.15. The van der Waals surface area contributed by atoms with Crippen molar-refractivity contribution in [3.63, 3.8) is 0 Å². The number of rotatable bonds is 2. The van der Waals surface area contributed by atoms with E-state index in [0.29, 0.717) is 13.1 Å². The monoisotopic (exact) mass is 360 g/mol. The third-order valence-corrected chi connectivity index (χ3v) is 4.96. The molecule has 0 radical (unpaired) electrons. The van der Waals surface area contributed by atoms with Gasteiger partial charge in [0.15, 0.2) is 0 Å². The Morgan fingerprint density at radius 3 is 2.46 bits per heavy atom. The van der Waals surface area contributed by atoms with E-state index in [9.17, 15) is 9.59 Å². The summed E-state index contributed by atoms with van der Waals surface area (Å²) in [5.74, 6) is 0.685. The number of nitrogens with zero attached hydrogens (tertiary/aromatic N) is 2. The van der Waals surface area contributed by atoms with Crippen LogP contribution in [0.2, 0.25) is 0 Å². The average Bonchev–Trinajstić information content (AvgIpc) is 2.98. The molecule has 0 spiro atoms. The van der Waals surface area contributed by atoms with Crippen molar-refractivity contribution in [2.24, 2.45) is 0 Å². The highest BCUT2D eigenvalue weighted by atomic mass is 16.6. The first kappa shape index (κ1) is 18.5. The Bertz CT molecular complexity index is 723. The minimum Gasteiger partial charge on any atom is -0.496 e. The van der Waals surface area contributed by atoms with Crippen LogP contribution in [-0.4, -0.2) is 48.1 Å². The van der Waals surface area contributed by atoms with E-state index in [2.05, 4.69) is 0 Å². The van der Waals surface area contributed by atoms with E-state index < -0.39 is 5.60 Å². The van der Waals surface area contributed by atoms with Crippen molar-refractivity contribution in [2.75, 3.05) is 20.7 Å².